The molecule has 0 unspecified atom stereocenters. The number of H-pyrrole nitrogens is 1. The lowest BCUT2D eigenvalue weighted by Crippen LogP contribution is -2.56. The molecule has 34 heavy (non-hydrogen) atoms. The number of esters is 1. The minimum atomic E-state index is -1.59. The van der Waals surface area contributed by atoms with E-state index in [4.69, 9.17) is 9.47 Å². The van der Waals surface area contributed by atoms with E-state index in [0.717, 1.165) is 6.92 Å². The molecule has 2 amide bonds. The van der Waals surface area contributed by atoms with Crippen molar-refractivity contribution in [1.29, 1.82) is 0 Å². The van der Waals surface area contributed by atoms with Crippen LogP contribution in [-0.2, 0) is 23.9 Å². The molecule has 4 rings (SSSR count). The average molecular weight is 470 g/mol. The molecular formula is C22H19FN4O7. The van der Waals surface area contributed by atoms with Crippen LogP contribution in [-0.4, -0.2) is 53.3 Å². The second-order valence-electron chi connectivity index (χ2n) is 7.30. The molecule has 1 aliphatic rings. The molecule has 1 saturated heterocycles. The Hall–Kier alpha value is -4.32. The smallest absolute Gasteiger partial charge is 0.439 e. The summed E-state index contributed by atoms with van der Waals surface area (Å²) < 4.78 is 28.7. The molecule has 0 bridgehead atoms. The number of aromatic amines is 1. The molecular weight excluding hydrogens is 451 g/mol. The highest BCUT2D eigenvalue weighted by molar-refractivity contribution is 6.04. The molecule has 2 atom stereocenters. The van der Waals surface area contributed by atoms with E-state index >= 15 is 0 Å². The van der Waals surface area contributed by atoms with Crippen LogP contribution in [0.3, 0.4) is 0 Å². The lowest BCUT2D eigenvalue weighted by Gasteiger charge is -2.35. The Kier molecular flexibility index (Phi) is 6.50. The zero-order chi connectivity index (χ0) is 24.2. The van der Waals surface area contributed by atoms with Gasteiger partial charge >= 0.3 is 11.7 Å². The van der Waals surface area contributed by atoms with Crippen LogP contribution >= 0.6 is 0 Å². The van der Waals surface area contributed by atoms with Gasteiger partial charge in [-0.1, -0.05) is 11.2 Å². The number of nitrogens with zero attached hydrogens (tertiary/aromatic N) is 2. The van der Waals surface area contributed by atoms with E-state index in [1.165, 1.54) is 35.2 Å². The van der Waals surface area contributed by atoms with Gasteiger partial charge in [0.1, 0.15) is 5.82 Å². The Labute approximate surface area is 191 Å². The van der Waals surface area contributed by atoms with Gasteiger partial charge in [0.05, 0.1) is 6.61 Å². The quantitative estimate of drug-likeness (QED) is 0.516. The van der Waals surface area contributed by atoms with Crippen molar-refractivity contribution in [3.8, 4) is 11.4 Å². The molecule has 2 aromatic carbocycles. The van der Waals surface area contributed by atoms with Crippen molar-refractivity contribution < 1.29 is 32.8 Å². The number of hydrogen-bond acceptors (Lipinski definition) is 8. The first-order chi connectivity index (χ1) is 16.3. The van der Waals surface area contributed by atoms with Crippen molar-refractivity contribution in [3.63, 3.8) is 0 Å². The molecule has 1 fully saturated rings. The zero-order valence-corrected chi connectivity index (χ0v) is 17.8. The summed E-state index contributed by atoms with van der Waals surface area (Å²) in [7, 11) is 0. The van der Waals surface area contributed by atoms with Gasteiger partial charge in [0.15, 0.2) is 11.9 Å². The van der Waals surface area contributed by atoms with Crippen LogP contribution in [0.2, 0.25) is 0 Å². The maximum atomic E-state index is 13.7. The fourth-order valence-electron chi connectivity index (χ4n) is 3.43. The monoisotopic (exact) mass is 470 g/mol. The molecule has 0 saturated carbocycles. The third-order valence-corrected chi connectivity index (χ3v) is 4.93. The molecule has 0 spiro atoms. The Balaban J connectivity index is 1.52. The lowest BCUT2D eigenvalue weighted by molar-refractivity contribution is -0.167. The van der Waals surface area contributed by atoms with Gasteiger partial charge in [0, 0.05) is 30.4 Å². The molecule has 2 N–H and O–H groups in total. The second kappa shape index (κ2) is 9.67. The molecule has 0 aliphatic carbocycles. The lowest BCUT2D eigenvalue weighted by atomic mass is 10.1. The van der Waals surface area contributed by atoms with Crippen LogP contribution in [0.5, 0.6) is 0 Å². The van der Waals surface area contributed by atoms with Gasteiger partial charge in [0.2, 0.25) is 6.10 Å². The maximum absolute atomic E-state index is 13.7. The largest absolute Gasteiger partial charge is 0.449 e. The summed E-state index contributed by atoms with van der Waals surface area (Å²) in [4.78, 5) is 52.5. The predicted octanol–water partition coefficient (Wildman–Crippen LogP) is 1.47. The maximum Gasteiger partial charge on any atom is 0.439 e. The molecule has 11 nitrogen and oxygen atoms in total. The Morgan fingerprint density at radius 3 is 2.65 bits per heavy atom. The minimum Gasteiger partial charge on any atom is -0.449 e. The Morgan fingerprint density at radius 2 is 2.00 bits per heavy atom. The average Bonchev–Trinajstić information content (AvgIpc) is 3.24. The number of aromatic nitrogens is 2. The number of benzene rings is 2. The first-order valence-corrected chi connectivity index (χ1v) is 10.1. The third kappa shape index (κ3) is 5.02. The van der Waals surface area contributed by atoms with Crippen LogP contribution in [0.1, 0.15) is 6.92 Å². The molecule has 12 heteroatoms. The second-order valence-corrected chi connectivity index (χ2v) is 7.30. The summed E-state index contributed by atoms with van der Waals surface area (Å²) in [6.45, 7) is 1.28. The normalized spacial score (nSPS) is 16.7. The van der Waals surface area contributed by atoms with E-state index in [-0.39, 0.29) is 19.0 Å². The molecule has 2 heterocycles. The third-order valence-electron chi connectivity index (χ3n) is 4.93. The minimum absolute atomic E-state index is 0.0442. The van der Waals surface area contributed by atoms with Crippen molar-refractivity contribution in [1.82, 2.24) is 10.1 Å². The zero-order valence-electron chi connectivity index (χ0n) is 17.8. The van der Waals surface area contributed by atoms with E-state index in [2.05, 4.69) is 20.0 Å². The van der Waals surface area contributed by atoms with Gasteiger partial charge in [-0.15, -0.1) is 0 Å². The number of amides is 2. The van der Waals surface area contributed by atoms with E-state index in [1.807, 2.05) is 0 Å². The number of halogens is 1. The van der Waals surface area contributed by atoms with Crippen molar-refractivity contribution in [2.75, 3.05) is 23.4 Å². The Morgan fingerprint density at radius 1 is 1.24 bits per heavy atom. The van der Waals surface area contributed by atoms with Gasteiger partial charge in [-0.05, 0) is 42.5 Å². The van der Waals surface area contributed by atoms with Crippen molar-refractivity contribution in [2.45, 2.75) is 19.1 Å². The van der Waals surface area contributed by atoms with E-state index < -0.39 is 41.6 Å². The molecule has 3 aromatic rings. The highest BCUT2D eigenvalue weighted by Crippen LogP contribution is 2.23. The number of carbonyl (C=O) groups excluding carboxylic acids is 3. The molecule has 1 aliphatic heterocycles. The van der Waals surface area contributed by atoms with Gasteiger partial charge in [-0.25, -0.2) is 9.18 Å². The number of rotatable bonds is 6. The standard InChI is InChI=1S/C22H19FN4O7/c1-12(28)33-17(18-21(30)27(9-10-32-18)16-4-2-3-14(23)11-16)20(29)24-15-7-5-13(6-8-15)19-25-22(31)34-26-19/h2-8,11,17-18H,9-10H2,1H3,(H,24,29)(H,25,26,31)/t17-,18-/m1/s1. The number of hydrogen-bond donors (Lipinski definition) is 2. The van der Waals surface area contributed by atoms with Crippen molar-refractivity contribution >= 4 is 29.2 Å². The first kappa shape index (κ1) is 22.9. The molecule has 0 radical (unpaired) electrons. The van der Waals surface area contributed by atoms with Crippen LogP contribution < -0.4 is 16.0 Å². The van der Waals surface area contributed by atoms with E-state index in [1.54, 1.807) is 18.2 Å². The summed E-state index contributed by atoms with van der Waals surface area (Å²) in [6.07, 6.45) is -3.02. The van der Waals surface area contributed by atoms with Crippen LogP contribution in [0.15, 0.2) is 57.8 Å². The van der Waals surface area contributed by atoms with E-state index in [9.17, 15) is 23.6 Å². The topological polar surface area (TPSA) is 144 Å². The summed E-state index contributed by atoms with van der Waals surface area (Å²) in [6, 6.07) is 11.6. The van der Waals surface area contributed by atoms with Gasteiger partial charge in [-0.3, -0.25) is 23.9 Å². The predicted molar refractivity (Wildman–Crippen MR) is 115 cm³/mol. The number of carbonyl (C=O) groups is 3. The van der Waals surface area contributed by atoms with Crippen molar-refractivity contribution in [2.24, 2.45) is 0 Å². The fraction of sp³-hybridized carbons (Fsp3) is 0.227. The van der Waals surface area contributed by atoms with Gasteiger partial charge < -0.3 is 19.7 Å². The van der Waals surface area contributed by atoms with Gasteiger partial charge in [0.25, 0.3) is 11.8 Å². The summed E-state index contributed by atoms with van der Waals surface area (Å²) >= 11 is 0. The summed E-state index contributed by atoms with van der Waals surface area (Å²) in [5, 5.41) is 6.14. The highest BCUT2D eigenvalue weighted by Gasteiger charge is 2.42. The first-order valence-electron chi connectivity index (χ1n) is 10.1. The SMILES string of the molecule is CC(=O)O[C@@H](C(=O)Nc1ccc(-c2noc(=O)[nH]2)cc1)[C@H]1OCCN(c2cccc(F)c2)C1=O. The molecule has 1 aromatic heterocycles. The summed E-state index contributed by atoms with van der Waals surface area (Å²) in [5.41, 5.74) is 1.14. The fourth-order valence-corrected chi connectivity index (χ4v) is 3.43. The Bertz CT molecular complexity index is 1270. The van der Waals surface area contributed by atoms with Crippen LogP contribution in [0.4, 0.5) is 15.8 Å². The number of ether oxygens (including phenoxy) is 2. The number of nitrogens with one attached hydrogen (secondary N) is 2. The van der Waals surface area contributed by atoms with Crippen LogP contribution in [0, 0.1) is 5.82 Å². The highest BCUT2D eigenvalue weighted by atomic mass is 19.1. The van der Waals surface area contributed by atoms with Crippen molar-refractivity contribution in [3.05, 3.63) is 64.9 Å². The number of anilines is 2. The van der Waals surface area contributed by atoms with E-state index in [0.29, 0.717) is 16.9 Å². The molecule has 176 valence electrons. The van der Waals surface area contributed by atoms with Gasteiger partial charge in [-0.2, -0.15) is 0 Å². The van der Waals surface area contributed by atoms with Crippen LogP contribution in [0.25, 0.3) is 11.4 Å². The summed E-state index contributed by atoms with van der Waals surface area (Å²) in [5.74, 6) is -3.26. The number of morpholine rings is 1.